The summed E-state index contributed by atoms with van der Waals surface area (Å²) in [5.74, 6) is 0. The van der Waals surface area contributed by atoms with Crippen LogP contribution in [0.1, 0.15) is 0 Å². The van der Waals surface area contributed by atoms with Crippen LogP contribution < -0.4 is 4.98 Å². The maximum absolute atomic E-state index is 4.28. The number of pyridine rings is 1. The molecule has 4 heteroatoms. The van der Waals surface area contributed by atoms with Gasteiger partial charge in [0.1, 0.15) is 5.52 Å². The van der Waals surface area contributed by atoms with E-state index in [1.807, 2.05) is 24.6 Å². The van der Waals surface area contributed by atoms with Crippen LogP contribution in [0.25, 0.3) is 11.2 Å². The summed E-state index contributed by atoms with van der Waals surface area (Å²) in [6, 6.07) is 3.95. The number of aromatic amines is 2. The van der Waals surface area contributed by atoms with Crippen LogP contribution >= 0.6 is 11.8 Å². The minimum atomic E-state index is 0.914. The van der Waals surface area contributed by atoms with Crippen molar-refractivity contribution in [3.63, 3.8) is 0 Å². The summed E-state index contributed by atoms with van der Waals surface area (Å²) >= 11 is 1.61. The number of aromatic nitrogens is 3. The largest absolute Gasteiger partial charge is 0.347 e. The van der Waals surface area contributed by atoms with Crippen molar-refractivity contribution in [2.45, 2.75) is 5.16 Å². The van der Waals surface area contributed by atoms with Crippen molar-refractivity contribution in [3.05, 3.63) is 18.3 Å². The summed E-state index contributed by atoms with van der Waals surface area (Å²) in [6.45, 7) is 0. The van der Waals surface area contributed by atoms with Crippen molar-refractivity contribution >= 4 is 22.9 Å². The number of hydrogen-bond acceptors (Lipinski definition) is 2. The lowest BCUT2D eigenvalue weighted by molar-refractivity contribution is -0.347. The highest BCUT2D eigenvalue weighted by Gasteiger charge is 2.08. The third-order valence-corrected chi connectivity index (χ3v) is 2.06. The molecule has 0 saturated heterocycles. The number of hydrogen-bond donors (Lipinski definition) is 1. The Balaban J connectivity index is 2.69. The molecule has 0 spiro atoms. The Morgan fingerprint density at radius 1 is 1.64 bits per heavy atom. The number of nitrogens with one attached hydrogen (secondary N) is 2. The van der Waals surface area contributed by atoms with Crippen LogP contribution in [0.15, 0.2) is 23.5 Å². The van der Waals surface area contributed by atoms with Crippen molar-refractivity contribution in [3.8, 4) is 0 Å². The van der Waals surface area contributed by atoms with Crippen LogP contribution in [0.3, 0.4) is 0 Å². The first kappa shape index (κ1) is 6.67. The predicted octanol–water partition coefficient (Wildman–Crippen LogP) is 1.10. The molecule has 0 aliphatic rings. The topological polar surface area (TPSA) is 42.8 Å². The molecule has 2 rings (SSSR count). The van der Waals surface area contributed by atoms with Crippen LogP contribution in [0.2, 0.25) is 0 Å². The van der Waals surface area contributed by atoms with Crippen LogP contribution in [0.4, 0.5) is 0 Å². The zero-order chi connectivity index (χ0) is 7.68. The van der Waals surface area contributed by atoms with Gasteiger partial charge in [0, 0.05) is 0 Å². The highest BCUT2D eigenvalue weighted by molar-refractivity contribution is 7.98. The van der Waals surface area contributed by atoms with Gasteiger partial charge in [-0.3, -0.25) is 0 Å². The molecule has 11 heavy (non-hydrogen) atoms. The fourth-order valence-corrected chi connectivity index (χ4v) is 1.36. The van der Waals surface area contributed by atoms with E-state index in [0.29, 0.717) is 0 Å². The first-order valence-corrected chi connectivity index (χ1v) is 4.53. The first-order chi connectivity index (χ1) is 5.40. The molecular formula is C7H8N3S+. The third kappa shape index (κ3) is 1.09. The number of nitrogens with zero attached hydrogens (tertiary/aromatic N) is 1. The lowest BCUT2D eigenvalue weighted by Gasteiger charge is -1.76. The smallest absolute Gasteiger partial charge is 0.307 e. The second-order valence-corrected chi connectivity index (χ2v) is 2.97. The van der Waals surface area contributed by atoms with E-state index in [9.17, 15) is 0 Å². The van der Waals surface area contributed by atoms with Crippen LogP contribution in [0, 0.1) is 0 Å². The summed E-state index contributed by atoms with van der Waals surface area (Å²) in [7, 11) is 0. The molecule has 0 bridgehead atoms. The summed E-state index contributed by atoms with van der Waals surface area (Å²) in [6.07, 6.45) is 3.87. The minimum Gasteiger partial charge on any atom is -0.307 e. The Labute approximate surface area is 68.2 Å². The summed E-state index contributed by atoms with van der Waals surface area (Å²) in [5, 5.41) is 0.947. The molecule has 2 heterocycles. The van der Waals surface area contributed by atoms with Gasteiger partial charge in [0.15, 0.2) is 0 Å². The van der Waals surface area contributed by atoms with Gasteiger partial charge in [0.2, 0.25) is 0 Å². The zero-order valence-electron chi connectivity index (χ0n) is 6.09. The molecule has 0 fully saturated rings. The van der Waals surface area contributed by atoms with Crippen LogP contribution in [-0.2, 0) is 0 Å². The molecule has 3 nitrogen and oxygen atoms in total. The van der Waals surface area contributed by atoms with E-state index in [2.05, 4.69) is 15.0 Å². The average Bonchev–Trinajstić information content (AvgIpc) is 2.46. The Kier molecular flexibility index (Phi) is 1.54. The lowest BCUT2D eigenvalue weighted by atomic mass is 10.4. The molecule has 0 radical (unpaired) electrons. The molecule has 2 aromatic heterocycles. The Hall–Kier alpha value is -1.03. The monoisotopic (exact) mass is 166 g/mol. The maximum Gasteiger partial charge on any atom is 0.347 e. The molecule has 0 aromatic carbocycles. The van der Waals surface area contributed by atoms with Gasteiger partial charge in [-0.15, -0.1) is 0 Å². The maximum atomic E-state index is 4.28. The van der Waals surface area contributed by atoms with Gasteiger partial charge in [0.25, 0.3) is 5.16 Å². The summed E-state index contributed by atoms with van der Waals surface area (Å²) < 4.78 is 0. The highest BCUT2D eigenvalue weighted by atomic mass is 32.2. The second kappa shape index (κ2) is 2.54. The lowest BCUT2D eigenvalue weighted by Crippen LogP contribution is -2.00. The molecule has 2 aromatic rings. The van der Waals surface area contributed by atoms with Crippen LogP contribution in [0.5, 0.6) is 0 Å². The van der Waals surface area contributed by atoms with E-state index >= 15 is 0 Å². The van der Waals surface area contributed by atoms with E-state index in [0.717, 1.165) is 16.3 Å². The van der Waals surface area contributed by atoms with Crippen molar-refractivity contribution < 1.29 is 4.98 Å². The third-order valence-electron chi connectivity index (χ3n) is 1.48. The first-order valence-electron chi connectivity index (χ1n) is 3.30. The molecule has 0 unspecified atom stereocenters. The molecule has 2 N–H and O–H groups in total. The minimum absolute atomic E-state index is 0.914. The zero-order valence-corrected chi connectivity index (χ0v) is 6.90. The molecule has 56 valence electrons. The Morgan fingerprint density at radius 2 is 2.55 bits per heavy atom. The second-order valence-electron chi connectivity index (χ2n) is 2.18. The van der Waals surface area contributed by atoms with Crippen molar-refractivity contribution in [2.75, 3.05) is 6.26 Å². The molecular weight excluding hydrogens is 158 g/mol. The molecule has 0 aliphatic carbocycles. The van der Waals surface area contributed by atoms with Gasteiger partial charge in [-0.2, -0.15) is 0 Å². The number of rotatable bonds is 1. The van der Waals surface area contributed by atoms with Crippen LogP contribution in [-0.4, -0.2) is 16.2 Å². The number of thioether (sulfide) groups is 1. The van der Waals surface area contributed by atoms with Gasteiger partial charge in [0.05, 0.1) is 6.20 Å². The Morgan fingerprint density at radius 3 is 3.27 bits per heavy atom. The van der Waals surface area contributed by atoms with Crippen molar-refractivity contribution in [2.24, 2.45) is 0 Å². The summed E-state index contributed by atoms with van der Waals surface area (Å²) in [4.78, 5) is 10.5. The fourth-order valence-electron chi connectivity index (χ4n) is 0.963. The van der Waals surface area contributed by atoms with Gasteiger partial charge in [-0.1, -0.05) is 11.8 Å². The number of H-pyrrole nitrogens is 2. The average molecular weight is 166 g/mol. The molecule has 0 atom stereocenters. The van der Waals surface area contributed by atoms with E-state index in [1.54, 1.807) is 11.8 Å². The molecule has 0 amide bonds. The van der Waals surface area contributed by atoms with Gasteiger partial charge >= 0.3 is 5.65 Å². The van der Waals surface area contributed by atoms with Gasteiger partial charge in [-0.25, -0.2) is 4.98 Å². The normalized spacial score (nSPS) is 10.6. The van der Waals surface area contributed by atoms with E-state index in [4.69, 9.17) is 0 Å². The van der Waals surface area contributed by atoms with Gasteiger partial charge in [-0.05, 0) is 23.4 Å². The van der Waals surface area contributed by atoms with Gasteiger partial charge < -0.3 is 4.98 Å². The number of fused-ring (bicyclic) bond motifs is 1. The summed E-state index contributed by atoms with van der Waals surface area (Å²) in [5.41, 5.74) is 1.97. The predicted molar refractivity (Wildman–Crippen MR) is 44.4 cm³/mol. The number of imidazole rings is 1. The quantitative estimate of drug-likeness (QED) is 0.644. The fraction of sp³-hybridized carbons (Fsp3) is 0.143. The van der Waals surface area contributed by atoms with E-state index in [1.165, 1.54) is 0 Å². The van der Waals surface area contributed by atoms with E-state index < -0.39 is 0 Å². The molecule has 0 aliphatic heterocycles. The molecule has 0 saturated carbocycles. The Bertz CT molecular complexity index is 335. The van der Waals surface area contributed by atoms with Crippen molar-refractivity contribution in [1.82, 2.24) is 9.97 Å². The SMILES string of the molecule is CSc1nc2[nH+]cccc2[nH]1. The standard InChI is InChI=1S/C7H7N3S/c1-11-7-9-5-3-2-4-8-6(5)10-7/h2-4H,1H3,(H,8,9,10)/p+1. The van der Waals surface area contributed by atoms with E-state index in [-0.39, 0.29) is 0 Å². The van der Waals surface area contributed by atoms with Crippen molar-refractivity contribution in [1.29, 1.82) is 0 Å². The highest BCUT2D eigenvalue weighted by Crippen LogP contribution is 2.12.